The zero-order chi connectivity index (χ0) is 23.2. The topological polar surface area (TPSA) is 49.4 Å². The third-order valence-electron chi connectivity index (χ3n) is 4.71. The Morgan fingerprint density at radius 3 is 2.16 bits per heavy atom. The van der Waals surface area contributed by atoms with E-state index in [1.165, 1.54) is 40.6 Å². The molecule has 0 saturated carbocycles. The molecule has 0 unspecified atom stereocenters. The van der Waals surface area contributed by atoms with Gasteiger partial charge in [-0.2, -0.15) is 0 Å². The summed E-state index contributed by atoms with van der Waals surface area (Å²) in [6.07, 6.45) is 0. The summed E-state index contributed by atoms with van der Waals surface area (Å²) in [6.45, 7) is 11.8. The van der Waals surface area contributed by atoms with Gasteiger partial charge in [-0.1, -0.05) is 41.5 Å². The van der Waals surface area contributed by atoms with Crippen LogP contribution in [-0.4, -0.2) is 34.0 Å². The van der Waals surface area contributed by atoms with Crippen molar-refractivity contribution in [2.24, 2.45) is 0 Å². The molecule has 4 nitrogen and oxygen atoms in total. The Morgan fingerprint density at radius 1 is 1.03 bits per heavy atom. The number of aryl methyl sites for hydroxylation is 2. The molecular weight excluding hydrogens is 411 g/mol. The monoisotopic (exact) mass is 444 g/mol. The van der Waals surface area contributed by atoms with Gasteiger partial charge in [0, 0.05) is 17.8 Å². The van der Waals surface area contributed by atoms with Crippen LogP contribution in [0.2, 0.25) is 0 Å². The van der Waals surface area contributed by atoms with Gasteiger partial charge in [0.05, 0.1) is 5.75 Å². The fourth-order valence-electron chi connectivity index (χ4n) is 3.33. The Kier molecular flexibility index (Phi) is 8.69. The van der Waals surface area contributed by atoms with E-state index in [9.17, 15) is 14.0 Å². The highest BCUT2D eigenvalue weighted by atomic mass is 32.2. The van der Waals surface area contributed by atoms with Gasteiger partial charge in [-0.15, -0.1) is 11.8 Å². The number of nitrogens with one attached hydrogen (secondary N) is 1. The maximum atomic E-state index is 13.3. The molecule has 0 radical (unpaired) electrons. The molecular formula is C25H33FN2O2S. The van der Waals surface area contributed by atoms with Crippen molar-refractivity contribution in [2.45, 2.75) is 65.4 Å². The van der Waals surface area contributed by atoms with Crippen LogP contribution in [0.1, 0.15) is 49.9 Å². The van der Waals surface area contributed by atoms with Gasteiger partial charge >= 0.3 is 0 Å². The van der Waals surface area contributed by atoms with Crippen LogP contribution < -0.4 is 5.32 Å². The number of hydrogen-bond donors (Lipinski definition) is 1. The molecule has 168 valence electrons. The van der Waals surface area contributed by atoms with Crippen LogP contribution in [-0.2, 0) is 21.9 Å². The van der Waals surface area contributed by atoms with Gasteiger partial charge in [-0.25, -0.2) is 4.39 Å². The zero-order valence-corrected chi connectivity index (χ0v) is 20.1. The van der Waals surface area contributed by atoms with Crippen molar-refractivity contribution in [1.82, 2.24) is 10.2 Å². The van der Waals surface area contributed by atoms with Gasteiger partial charge in [0.1, 0.15) is 11.9 Å². The van der Waals surface area contributed by atoms with Crippen LogP contribution >= 0.6 is 11.8 Å². The van der Waals surface area contributed by atoms with E-state index in [1.807, 2.05) is 20.8 Å². The Hall–Kier alpha value is -2.34. The third kappa shape index (κ3) is 8.37. The van der Waals surface area contributed by atoms with Crippen molar-refractivity contribution in [3.8, 4) is 0 Å². The molecule has 6 heteroatoms. The molecule has 0 fully saturated rings. The molecule has 2 aromatic rings. The summed E-state index contributed by atoms with van der Waals surface area (Å²) in [7, 11) is 0. The molecule has 31 heavy (non-hydrogen) atoms. The summed E-state index contributed by atoms with van der Waals surface area (Å²) in [5, 5.41) is 2.94. The summed E-state index contributed by atoms with van der Waals surface area (Å²) < 4.78 is 13.3. The van der Waals surface area contributed by atoms with E-state index in [0.717, 1.165) is 11.3 Å². The minimum atomic E-state index is -0.640. The fraction of sp³-hybridized carbons (Fsp3) is 0.440. The predicted molar refractivity (Wildman–Crippen MR) is 126 cm³/mol. The second kappa shape index (κ2) is 10.8. The molecule has 2 rings (SSSR count). The predicted octanol–water partition coefficient (Wildman–Crippen LogP) is 5.01. The Morgan fingerprint density at radius 2 is 1.61 bits per heavy atom. The minimum absolute atomic E-state index is 0.116. The number of benzene rings is 2. The van der Waals surface area contributed by atoms with Crippen LogP contribution in [0.25, 0.3) is 0 Å². The first-order chi connectivity index (χ1) is 14.4. The number of thioether (sulfide) groups is 1. The summed E-state index contributed by atoms with van der Waals surface area (Å²) in [5.74, 6) is 0.337. The Balaban J connectivity index is 2.10. The molecule has 0 aliphatic rings. The van der Waals surface area contributed by atoms with Crippen molar-refractivity contribution in [3.63, 3.8) is 0 Å². The van der Waals surface area contributed by atoms with Crippen molar-refractivity contribution in [1.29, 1.82) is 0 Å². The standard InChI is InChI=1S/C25H33FN2O2S/c1-17-11-18(2)13-21(12-17)15-31-16-23(29)28(14-20-7-9-22(26)10-8-20)19(3)24(30)27-25(4,5)6/h7-13,19H,14-16H2,1-6H3,(H,27,30)/t19-/m0/s1. The summed E-state index contributed by atoms with van der Waals surface area (Å²) in [5.41, 5.74) is 3.97. The number of amides is 2. The molecule has 0 aliphatic carbocycles. The molecule has 1 N–H and O–H groups in total. The number of hydrogen-bond acceptors (Lipinski definition) is 3. The molecule has 0 aromatic heterocycles. The van der Waals surface area contributed by atoms with Crippen LogP contribution in [0.4, 0.5) is 4.39 Å². The smallest absolute Gasteiger partial charge is 0.242 e. The van der Waals surface area contributed by atoms with Gasteiger partial charge in [-0.3, -0.25) is 9.59 Å². The highest BCUT2D eigenvalue weighted by Crippen LogP contribution is 2.18. The molecule has 2 amide bonds. The van der Waals surface area contributed by atoms with Gasteiger partial charge < -0.3 is 10.2 Å². The van der Waals surface area contributed by atoms with Crippen LogP contribution in [0.5, 0.6) is 0 Å². The Labute approximate surface area is 189 Å². The molecule has 0 aliphatic heterocycles. The average Bonchev–Trinajstić information content (AvgIpc) is 2.64. The number of carbonyl (C=O) groups is 2. The lowest BCUT2D eigenvalue weighted by Crippen LogP contribution is -2.52. The van der Waals surface area contributed by atoms with Crippen molar-refractivity contribution in [2.75, 3.05) is 5.75 Å². The van der Waals surface area contributed by atoms with E-state index < -0.39 is 11.6 Å². The summed E-state index contributed by atoms with van der Waals surface area (Å²) >= 11 is 1.53. The number of halogens is 1. The first kappa shape index (κ1) is 24.9. The van der Waals surface area contributed by atoms with Gasteiger partial charge in [-0.05, 0) is 64.8 Å². The van der Waals surface area contributed by atoms with Crippen molar-refractivity contribution < 1.29 is 14.0 Å². The quantitative estimate of drug-likeness (QED) is 0.623. The second-order valence-corrected chi connectivity index (χ2v) is 10.0. The van der Waals surface area contributed by atoms with E-state index in [4.69, 9.17) is 0 Å². The van der Waals surface area contributed by atoms with E-state index in [1.54, 1.807) is 24.0 Å². The highest BCUT2D eigenvalue weighted by Gasteiger charge is 2.28. The minimum Gasteiger partial charge on any atom is -0.350 e. The van der Waals surface area contributed by atoms with Crippen molar-refractivity contribution >= 4 is 23.6 Å². The van der Waals surface area contributed by atoms with E-state index in [2.05, 4.69) is 37.4 Å². The lowest BCUT2D eigenvalue weighted by molar-refractivity contribution is -0.139. The highest BCUT2D eigenvalue weighted by molar-refractivity contribution is 7.99. The van der Waals surface area contributed by atoms with Gasteiger partial charge in [0.25, 0.3) is 0 Å². The van der Waals surface area contributed by atoms with E-state index in [0.29, 0.717) is 0 Å². The lowest BCUT2D eigenvalue weighted by Gasteiger charge is -2.31. The van der Waals surface area contributed by atoms with Crippen LogP contribution in [0.15, 0.2) is 42.5 Å². The number of nitrogens with zero attached hydrogens (tertiary/aromatic N) is 1. The molecule has 2 aromatic carbocycles. The molecule has 0 heterocycles. The molecule has 1 atom stereocenters. The second-order valence-electron chi connectivity index (χ2n) is 9.05. The zero-order valence-electron chi connectivity index (χ0n) is 19.3. The molecule has 0 bridgehead atoms. The maximum Gasteiger partial charge on any atom is 0.242 e. The molecule has 0 spiro atoms. The number of carbonyl (C=O) groups excluding carboxylic acids is 2. The van der Waals surface area contributed by atoms with Gasteiger partial charge in [0.2, 0.25) is 11.8 Å². The van der Waals surface area contributed by atoms with Gasteiger partial charge in [0.15, 0.2) is 0 Å². The SMILES string of the molecule is Cc1cc(C)cc(CSCC(=O)N(Cc2ccc(F)cc2)[C@@H](C)C(=O)NC(C)(C)C)c1. The lowest BCUT2D eigenvalue weighted by atomic mass is 10.1. The molecule has 0 saturated heterocycles. The van der Waals surface area contributed by atoms with Crippen LogP contribution in [0.3, 0.4) is 0 Å². The van der Waals surface area contributed by atoms with E-state index in [-0.39, 0.29) is 29.9 Å². The number of rotatable bonds is 8. The Bertz CT molecular complexity index is 886. The first-order valence-corrected chi connectivity index (χ1v) is 11.6. The van der Waals surface area contributed by atoms with E-state index >= 15 is 0 Å². The third-order valence-corrected chi connectivity index (χ3v) is 5.70. The fourth-order valence-corrected chi connectivity index (χ4v) is 4.18. The summed E-state index contributed by atoms with van der Waals surface area (Å²) in [6, 6.07) is 11.8. The largest absolute Gasteiger partial charge is 0.350 e. The van der Waals surface area contributed by atoms with Crippen LogP contribution in [0, 0.1) is 19.7 Å². The normalized spacial score (nSPS) is 12.4. The maximum absolute atomic E-state index is 13.3. The first-order valence-electron chi connectivity index (χ1n) is 10.5. The summed E-state index contributed by atoms with van der Waals surface area (Å²) in [4.78, 5) is 27.4. The average molecular weight is 445 g/mol. The van der Waals surface area contributed by atoms with Crippen molar-refractivity contribution in [3.05, 3.63) is 70.5 Å².